The van der Waals surface area contributed by atoms with Gasteiger partial charge in [0.15, 0.2) is 6.10 Å². The maximum Gasteiger partial charge on any atom is 0.321 e. The molecule has 10 nitrogen and oxygen atoms in total. The fourth-order valence-corrected chi connectivity index (χ4v) is 4.40. The van der Waals surface area contributed by atoms with E-state index in [4.69, 9.17) is 4.74 Å². The summed E-state index contributed by atoms with van der Waals surface area (Å²) in [6, 6.07) is 13.5. The van der Waals surface area contributed by atoms with Crippen LogP contribution < -0.4 is 15.6 Å². The molecule has 1 amide bonds. The van der Waals surface area contributed by atoms with Crippen molar-refractivity contribution in [1.29, 1.82) is 0 Å². The first kappa shape index (κ1) is 25.9. The highest BCUT2D eigenvalue weighted by Crippen LogP contribution is 2.16. The van der Waals surface area contributed by atoms with Crippen LogP contribution in [0, 0.1) is 20.8 Å². The average Bonchev–Trinajstić information content (AvgIpc) is 3.03. The Bertz CT molecular complexity index is 1420. The maximum absolute atomic E-state index is 12.9. The SMILES string of the molecule is Cc1ccc(S(=O)(=O)NCC(=O)O[C@H](C)C(=O)Nc2c(C)n(C)n(-c3ccccc3)c2=O)cc1C. The van der Waals surface area contributed by atoms with Crippen molar-refractivity contribution in [1.82, 2.24) is 14.1 Å². The minimum atomic E-state index is -3.94. The van der Waals surface area contributed by atoms with Crippen molar-refractivity contribution in [3.8, 4) is 5.69 Å². The molecule has 1 heterocycles. The van der Waals surface area contributed by atoms with Crippen molar-refractivity contribution >= 4 is 27.6 Å². The number of carbonyl (C=O) groups is 2. The number of benzene rings is 2. The van der Waals surface area contributed by atoms with Crippen molar-refractivity contribution in [3.05, 3.63) is 75.7 Å². The summed E-state index contributed by atoms with van der Waals surface area (Å²) in [7, 11) is -2.25. The smallest absolute Gasteiger partial charge is 0.321 e. The molecule has 35 heavy (non-hydrogen) atoms. The van der Waals surface area contributed by atoms with Crippen molar-refractivity contribution in [2.75, 3.05) is 11.9 Å². The number of amides is 1. The van der Waals surface area contributed by atoms with Crippen LogP contribution in [0.3, 0.4) is 0 Å². The Balaban J connectivity index is 1.64. The van der Waals surface area contributed by atoms with Crippen LogP contribution in [0.5, 0.6) is 0 Å². The highest BCUT2D eigenvalue weighted by molar-refractivity contribution is 7.89. The number of nitrogens with one attached hydrogen (secondary N) is 2. The van der Waals surface area contributed by atoms with Crippen molar-refractivity contribution < 1.29 is 22.7 Å². The Labute approximate surface area is 203 Å². The van der Waals surface area contributed by atoms with Crippen LogP contribution in [-0.2, 0) is 31.4 Å². The minimum absolute atomic E-state index is 0.0217. The highest BCUT2D eigenvalue weighted by Gasteiger charge is 2.24. The van der Waals surface area contributed by atoms with Crippen molar-refractivity contribution in [2.24, 2.45) is 7.05 Å². The monoisotopic (exact) mass is 500 g/mol. The molecule has 186 valence electrons. The van der Waals surface area contributed by atoms with Gasteiger partial charge in [0.1, 0.15) is 12.2 Å². The van der Waals surface area contributed by atoms with E-state index in [2.05, 4.69) is 10.0 Å². The Hall–Kier alpha value is -3.70. The lowest BCUT2D eigenvalue weighted by molar-refractivity contribution is -0.151. The number of hydrogen-bond donors (Lipinski definition) is 2. The summed E-state index contributed by atoms with van der Waals surface area (Å²) in [5.74, 6) is -1.66. The number of sulfonamides is 1. The molecule has 1 atom stereocenters. The number of carbonyl (C=O) groups excluding carboxylic acids is 2. The summed E-state index contributed by atoms with van der Waals surface area (Å²) >= 11 is 0. The molecule has 3 aromatic rings. The molecule has 0 bridgehead atoms. The first-order chi connectivity index (χ1) is 16.4. The van der Waals surface area contributed by atoms with Crippen LogP contribution in [0.4, 0.5) is 5.69 Å². The summed E-state index contributed by atoms with van der Waals surface area (Å²) in [5.41, 5.74) is 2.48. The number of anilines is 1. The zero-order chi connectivity index (χ0) is 25.9. The molecule has 11 heteroatoms. The number of aromatic nitrogens is 2. The summed E-state index contributed by atoms with van der Waals surface area (Å²) in [5, 5.41) is 2.52. The van der Waals surface area contributed by atoms with Crippen LogP contribution >= 0.6 is 0 Å². The van der Waals surface area contributed by atoms with E-state index < -0.39 is 40.1 Å². The molecule has 0 aliphatic carbocycles. The molecule has 2 N–H and O–H groups in total. The zero-order valence-electron chi connectivity index (χ0n) is 20.2. The third-order valence-corrected chi connectivity index (χ3v) is 7.07. The van der Waals surface area contributed by atoms with Crippen LogP contribution in [0.2, 0.25) is 0 Å². The topological polar surface area (TPSA) is 128 Å². The lowest BCUT2D eigenvalue weighted by atomic mass is 10.1. The van der Waals surface area contributed by atoms with Crippen LogP contribution in [0.15, 0.2) is 58.2 Å². The summed E-state index contributed by atoms with van der Waals surface area (Å²) in [4.78, 5) is 37.8. The molecular weight excluding hydrogens is 472 g/mol. The molecule has 3 rings (SSSR count). The number of aryl methyl sites for hydroxylation is 2. The van der Waals surface area contributed by atoms with Crippen LogP contribution in [-0.4, -0.2) is 42.3 Å². The second-order valence-corrected chi connectivity index (χ2v) is 9.90. The van der Waals surface area contributed by atoms with Gasteiger partial charge in [-0.3, -0.25) is 19.1 Å². The van der Waals surface area contributed by atoms with E-state index in [9.17, 15) is 22.8 Å². The summed E-state index contributed by atoms with van der Waals surface area (Å²) in [6.45, 7) is 5.99. The van der Waals surface area contributed by atoms with Gasteiger partial charge in [-0.1, -0.05) is 24.3 Å². The normalized spacial score (nSPS) is 12.3. The van der Waals surface area contributed by atoms with E-state index in [0.29, 0.717) is 11.4 Å². The van der Waals surface area contributed by atoms with E-state index in [0.717, 1.165) is 11.1 Å². The van der Waals surface area contributed by atoms with Gasteiger partial charge in [0.2, 0.25) is 10.0 Å². The fourth-order valence-electron chi connectivity index (χ4n) is 3.35. The van der Waals surface area contributed by atoms with E-state index in [1.807, 2.05) is 13.0 Å². The van der Waals surface area contributed by atoms with Crippen molar-refractivity contribution in [3.63, 3.8) is 0 Å². The number of esters is 1. The van der Waals surface area contributed by atoms with E-state index in [-0.39, 0.29) is 10.6 Å². The highest BCUT2D eigenvalue weighted by atomic mass is 32.2. The van der Waals surface area contributed by atoms with Gasteiger partial charge in [-0.05, 0) is 63.1 Å². The average molecular weight is 501 g/mol. The second kappa shape index (κ2) is 10.3. The van der Waals surface area contributed by atoms with Crippen LogP contribution in [0.25, 0.3) is 5.69 Å². The molecule has 0 radical (unpaired) electrons. The van der Waals surface area contributed by atoms with Gasteiger partial charge < -0.3 is 10.1 Å². The largest absolute Gasteiger partial charge is 0.452 e. The first-order valence-electron chi connectivity index (χ1n) is 10.8. The predicted molar refractivity (Wildman–Crippen MR) is 131 cm³/mol. The van der Waals surface area contributed by atoms with E-state index in [1.165, 1.54) is 23.7 Å². The molecule has 0 spiro atoms. The lowest BCUT2D eigenvalue weighted by Gasteiger charge is -2.14. The molecule has 0 fully saturated rings. The molecular formula is C24H28N4O6S. The standard InChI is InChI=1S/C24H28N4O6S/c1-15-11-12-20(13-16(15)2)35(32,33)25-14-21(29)34-18(4)23(30)26-22-17(3)27(5)28(24(22)31)19-9-7-6-8-10-19/h6-13,18,25H,14H2,1-5H3,(H,26,30)/t18-/m1/s1. The van der Waals surface area contributed by atoms with Gasteiger partial charge in [-0.2, -0.15) is 4.72 Å². The minimum Gasteiger partial charge on any atom is -0.452 e. The number of hydrogen-bond acceptors (Lipinski definition) is 6. The lowest BCUT2D eigenvalue weighted by Crippen LogP contribution is -2.36. The predicted octanol–water partition coefficient (Wildman–Crippen LogP) is 1.95. The zero-order valence-corrected chi connectivity index (χ0v) is 21.0. The molecule has 0 unspecified atom stereocenters. The van der Waals surface area contributed by atoms with E-state index in [1.54, 1.807) is 55.9 Å². The Kier molecular flexibility index (Phi) is 7.61. The third kappa shape index (κ3) is 5.69. The Morgan fingerprint density at radius 3 is 2.31 bits per heavy atom. The number of para-hydroxylation sites is 1. The van der Waals surface area contributed by atoms with Gasteiger partial charge in [0.25, 0.3) is 11.5 Å². The number of rotatable bonds is 8. The molecule has 0 saturated carbocycles. The molecule has 0 aliphatic rings. The maximum atomic E-state index is 12.9. The fraction of sp³-hybridized carbons (Fsp3) is 0.292. The molecule has 2 aromatic carbocycles. The summed E-state index contributed by atoms with van der Waals surface area (Å²) < 4.78 is 35.1. The second-order valence-electron chi connectivity index (χ2n) is 8.13. The van der Waals surface area contributed by atoms with Gasteiger partial charge in [0, 0.05) is 7.05 Å². The van der Waals surface area contributed by atoms with Crippen molar-refractivity contribution in [2.45, 2.75) is 38.7 Å². The third-order valence-electron chi connectivity index (χ3n) is 5.68. The Morgan fingerprint density at radius 1 is 1.03 bits per heavy atom. The number of ether oxygens (including phenoxy) is 1. The summed E-state index contributed by atoms with van der Waals surface area (Å²) in [6.07, 6.45) is -1.27. The van der Waals surface area contributed by atoms with Crippen LogP contribution in [0.1, 0.15) is 23.7 Å². The van der Waals surface area contributed by atoms with Gasteiger partial charge in [-0.15, -0.1) is 0 Å². The number of nitrogens with zero attached hydrogens (tertiary/aromatic N) is 2. The van der Waals surface area contributed by atoms with E-state index >= 15 is 0 Å². The molecule has 1 aromatic heterocycles. The van der Waals surface area contributed by atoms with Gasteiger partial charge in [0.05, 0.1) is 16.3 Å². The first-order valence-corrected chi connectivity index (χ1v) is 12.3. The Morgan fingerprint density at radius 2 is 1.69 bits per heavy atom. The molecule has 0 saturated heterocycles. The quantitative estimate of drug-likeness (QED) is 0.455. The van der Waals surface area contributed by atoms with Gasteiger partial charge in [-0.25, -0.2) is 13.1 Å². The molecule has 0 aliphatic heterocycles. The van der Waals surface area contributed by atoms with Gasteiger partial charge >= 0.3 is 5.97 Å².